The summed E-state index contributed by atoms with van der Waals surface area (Å²) in [6.45, 7) is 9.99. The normalized spacial score (nSPS) is 13.2. The van der Waals surface area contributed by atoms with Crippen LogP contribution in [0.15, 0.2) is 24.3 Å². The van der Waals surface area contributed by atoms with Crippen molar-refractivity contribution in [2.24, 2.45) is 0 Å². The highest BCUT2D eigenvalue weighted by atomic mass is 19.4. The molecule has 0 aliphatic carbocycles. The van der Waals surface area contributed by atoms with E-state index < -0.39 is 11.7 Å². The molecule has 2 rings (SSSR count). The van der Waals surface area contributed by atoms with Gasteiger partial charge in [-0.2, -0.15) is 18.3 Å². The van der Waals surface area contributed by atoms with Crippen LogP contribution in [0.3, 0.4) is 0 Å². The number of rotatable bonds is 4. The third-order valence-corrected chi connectivity index (χ3v) is 4.20. The largest absolute Gasteiger partial charge is 0.416 e. The quantitative estimate of drug-likeness (QED) is 0.811. The average Bonchev–Trinajstić information content (AvgIpc) is 2.50. The monoisotopic (exact) mass is 337 g/mol. The summed E-state index contributed by atoms with van der Waals surface area (Å²) in [5, 5.41) is 11.7. The maximum atomic E-state index is 12.6. The van der Waals surface area contributed by atoms with Gasteiger partial charge in [0.25, 0.3) is 0 Å². The standard InChI is InChI=1S/C18H22F3N3/c1-10(2)16-11(3)12(4)17(24-23-16)22-13(5)14-6-8-15(9-7-14)18(19,20)21/h6-10,13H,1-5H3,(H,22,24)/t13-/m0/s1. The first-order valence-corrected chi connectivity index (χ1v) is 7.88. The van der Waals surface area contributed by atoms with Crippen LogP contribution in [0.1, 0.15) is 60.7 Å². The van der Waals surface area contributed by atoms with E-state index >= 15 is 0 Å². The van der Waals surface area contributed by atoms with Gasteiger partial charge in [-0.3, -0.25) is 0 Å². The molecule has 1 aromatic carbocycles. The van der Waals surface area contributed by atoms with Gasteiger partial charge in [-0.1, -0.05) is 26.0 Å². The summed E-state index contributed by atoms with van der Waals surface area (Å²) in [4.78, 5) is 0. The summed E-state index contributed by atoms with van der Waals surface area (Å²) in [7, 11) is 0. The lowest BCUT2D eigenvalue weighted by Crippen LogP contribution is -2.13. The lowest BCUT2D eigenvalue weighted by Gasteiger charge is -2.19. The van der Waals surface area contributed by atoms with Crippen molar-refractivity contribution in [3.63, 3.8) is 0 Å². The Morgan fingerprint density at radius 1 is 0.917 bits per heavy atom. The zero-order chi connectivity index (χ0) is 18.1. The molecule has 1 heterocycles. The van der Waals surface area contributed by atoms with Gasteiger partial charge < -0.3 is 5.32 Å². The van der Waals surface area contributed by atoms with Crippen LogP contribution in [-0.4, -0.2) is 10.2 Å². The van der Waals surface area contributed by atoms with Crippen LogP contribution in [0.25, 0.3) is 0 Å². The Bertz CT molecular complexity index is 707. The highest BCUT2D eigenvalue weighted by Crippen LogP contribution is 2.31. The molecule has 3 nitrogen and oxygen atoms in total. The van der Waals surface area contributed by atoms with Gasteiger partial charge in [0.2, 0.25) is 0 Å². The molecule has 0 fully saturated rings. The molecule has 1 atom stereocenters. The van der Waals surface area contributed by atoms with Gasteiger partial charge in [-0.25, -0.2) is 0 Å². The van der Waals surface area contributed by atoms with Gasteiger partial charge in [0, 0.05) is 0 Å². The number of aromatic nitrogens is 2. The summed E-state index contributed by atoms with van der Waals surface area (Å²) < 4.78 is 37.9. The van der Waals surface area contributed by atoms with Crippen LogP contribution in [0.2, 0.25) is 0 Å². The molecule has 2 aromatic rings. The Kier molecular flexibility index (Phi) is 5.16. The molecule has 0 saturated carbocycles. The third kappa shape index (κ3) is 3.86. The second-order valence-corrected chi connectivity index (χ2v) is 6.32. The first-order chi connectivity index (χ1) is 11.1. The van der Waals surface area contributed by atoms with E-state index in [1.54, 1.807) is 0 Å². The number of nitrogens with one attached hydrogen (secondary N) is 1. The van der Waals surface area contributed by atoms with Gasteiger partial charge >= 0.3 is 6.18 Å². The fourth-order valence-corrected chi connectivity index (χ4v) is 2.56. The Hall–Kier alpha value is -2.11. The molecule has 0 radical (unpaired) electrons. The highest BCUT2D eigenvalue weighted by molar-refractivity contribution is 5.49. The second-order valence-electron chi connectivity index (χ2n) is 6.32. The average molecular weight is 337 g/mol. The minimum Gasteiger partial charge on any atom is -0.362 e. The van der Waals surface area contributed by atoms with E-state index in [9.17, 15) is 13.2 Å². The Morgan fingerprint density at radius 3 is 2.00 bits per heavy atom. The smallest absolute Gasteiger partial charge is 0.362 e. The molecular formula is C18H22F3N3. The van der Waals surface area contributed by atoms with E-state index in [1.807, 2.05) is 20.8 Å². The van der Waals surface area contributed by atoms with Crippen LogP contribution in [-0.2, 0) is 6.18 Å². The first kappa shape index (κ1) is 18.2. The SMILES string of the molecule is Cc1c(N[C@@H](C)c2ccc(C(F)(F)F)cc2)nnc(C(C)C)c1C. The number of anilines is 1. The molecule has 0 bridgehead atoms. The van der Waals surface area contributed by atoms with Crippen molar-refractivity contribution >= 4 is 5.82 Å². The second kappa shape index (κ2) is 6.79. The Balaban J connectivity index is 2.21. The number of halogens is 3. The van der Waals surface area contributed by atoms with Crippen LogP contribution >= 0.6 is 0 Å². The van der Waals surface area contributed by atoms with Crippen LogP contribution in [0.5, 0.6) is 0 Å². The molecule has 0 aliphatic heterocycles. The molecule has 6 heteroatoms. The summed E-state index contributed by atoms with van der Waals surface area (Å²) >= 11 is 0. The van der Waals surface area contributed by atoms with Gasteiger partial charge in [-0.05, 0) is 55.5 Å². The minimum atomic E-state index is -4.32. The predicted molar refractivity (Wildman–Crippen MR) is 89.1 cm³/mol. The molecule has 0 amide bonds. The number of hydrogen-bond acceptors (Lipinski definition) is 3. The van der Waals surface area contributed by atoms with Gasteiger partial charge in [0.05, 0.1) is 17.3 Å². The third-order valence-electron chi connectivity index (χ3n) is 4.20. The molecule has 130 valence electrons. The number of benzene rings is 1. The zero-order valence-electron chi connectivity index (χ0n) is 14.5. The van der Waals surface area contributed by atoms with Crippen molar-refractivity contribution in [3.05, 3.63) is 52.2 Å². The van der Waals surface area contributed by atoms with Crippen molar-refractivity contribution in [2.45, 2.75) is 52.8 Å². The summed E-state index contributed by atoms with van der Waals surface area (Å²) in [6, 6.07) is 4.99. The lowest BCUT2D eigenvalue weighted by atomic mass is 10.0. The Morgan fingerprint density at radius 2 is 1.50 bits per heavy atom. The Labute approximate surface area is 140 Å². The van der Waals surface area contributed by atoms with Crippen molar-refractivity contribution in [1.29, 1.82) is 0 Å². The van der Waals surface area contributed by atoms with E-state index in [0.717, 1.165) is 34.5 Å². The zero-order valence-corrected chi connectivity index (χ0v) is 14.5. The van der Waals surface area contributed by atoms with E-state index in [2.05, 4.69) is 29.4 Å². The summed E-state index contributed by atoms with van der Waals surface area (Å²) in [6.07, 6.45) is -4.32. The maximum Gasteiger partial charge on any atom is 0.416 e. The van der Waals surface area contributed by atoms with Crippen molar-refractivity contribution in [1.82, 2.24) is 10.2 Å². The molecule has 0 saturated heterocycles. The highest BCUT2D eigenvalue weighted by Gasteiger charge is 2.30. The predicted octanol–water partition coefficient (Wildman–Crippen LogP) is 5.41. The molecule has 0 spiro atoms. The number of alkyl halides is 3. The molecule has 24 heavy (non-hydrogen) atoms. The molecule has 0 unspecified atom stereocenters. The van der Waals surface area contributed by atoms with Crippen LogP contribution in [0, 0.1) is 13.8 Å². The van der Waals surface area contributed by atoms with Gasteiger partial charge in [0.15, 0.2) is 5.82 Å². The first-order valence-electron chi connectivity index (χ1n) is 7.88. The van der Waals surface area contributed by atoms with E-state index in [4.69, 9.17) is 0 Å². The molecule has 1 N–H and O–H groups in total. The fraction of sp³-hybridized carbons (Fsp3) is 0.444. The topological polar surface area (TPSA) is 37.8 Å². The van der Waals surface area contributed by atoms with Crippen LogP contribution in [0.4, 0.5) is 19.0 Å². The molecule has 0 aliphatic rings. The maximum absolute atomic E-state index is 12.6. The summed E-state index contributed by atoms with van der Waals surface area (Å²) in [5.74, 6) is 0.946. The minimum absolute atomic E-state index is 0.176. The van der Waals surface area contributed by atoms with E-state index in [1.165, 1.54) is 12.1 Å². The number of nitrogens with zero attached hydrogens (tertiary/aromatic N) is 2. The van der Waals surface area contributed by atoms with E-state index in [-0.39, 0.29) is 12.0 Å². The fourth-order valence-electron chi connectivity index (χ4n) is 2.56. The van der Waals surface area contributed by atoms with Gasteiger partial charge in [-0.15, -0.1) is 5.10 Å². The van der Waals surface area contributed by atoms with Crippen molar-refractivity contribution < 1.29 is 13.2 Å². The van der Waals surface area contributed by atoms with Crippen LogP contribution < -0.4 is 5.32 Å². The van der Waals surface area contributed by atoms with Crippen molar-refractivity contribution in [2.75, 3.05) is 5.32 Å². The number of hydrogen-bond donors (Lipinski definition) is 1. The van der Waals surface area contributed by atoms with Gasteiger partial charge in [0.1, 0.15) is 0 Å². The van der Waals surface area contributed by atoms with Crippen molar-refractivity contribution in [3.8, 4) is 0 Å². The van der Waals surface area contributed by atoms with E-state index in [0.29, 0.717) is 5.82 Å². The molecular weight excluding hydrogens is 315 g/mol. The molecule has 1 aromatic heterocycles. The lowest BCUT2D eigenvalue weighted by molar-refractivity contribution is -0.137. The summed E-state index contributed by atoms with van der Waals surface area (Å²) in [5.41, 5.74) is 3.16.